The van der Waals surface area contributed by atoms with E-state index < -0.39 is 0 Å². The van der Waals surface area contributed by atoms with Crippen molar-refractivity contribution < 1.29 is 0 Å². The van der Waals surface area contributed by atoms with Gasteiger partial charge < -0.3 is 0 Å². The molecule has 0 aliphatic rings. The quantitative estimate of drug-likeness (QED) is 0.466. The van der Waals surface area contributed by atoms with Crippen LogP contribution < -0.4 is 0 Å². The fourth-order valence-electron chi connectivity index (χ4n) is 0.697. The number of hydrogen-bond acceptors (Lipinski definition) is 0. The molecule has 0 heterocycles. The predicted molar refractivity (Wildman–Crippen MR) is 94.9 cm³/mol. The molecule has 0 aromatic rings. The Bertz CT molecular complexity index is 31.0. The van der Waals surface area contributed by atoms with Gasteiger partial charge in [0, 0.05) is 0 Å². The summed E-state index contributed by atoms with van der Waals surface area (Å²) in [6, 6.07) is 0. The molecule has 0 saturated heterocycles. The molecule has 0 aliphatic heterocycles. The summed E-state index contributed by atoms with van der Waals surface area (Å²) in [4.78, 5) is 0. The lowest BCUT2D eigenvalue weighted by Gasteiger charge is -2.02. The minimum Gasteiger partial charge on any atom is -0.0776 e. The van der Waals surface area contributed by atoms with Crippen molar-refractivity contribution in [2.24, 2.45) is 5.92 Å². The normalized spacial score (nSPS) is 6.19. The Morgan fingerprint density at radius 3 is 0.938 bits per heavy atom. The van der Waals surface area contributed by atoms with Crippen molar-refractivity contribution in [1.29, 1.82) is 0 Å². The molecule has 0 amide bonds. The molecule has 0 nitrogen and oxygen atoms in total. The Hall–Kier alpha value is 0. The molecule has 0 N–H and O–H groups in total. The first-order chi connectivity index (χ1) is 3.31. The fourth-order valence-corrected chi connectivity index (χ4v) is 0.697. The highest BCUT2D eigenvalue weighted by molar-refractivity contribution is 4.45. The van der Waals surface area contributed by atoms with Gasteiger partial charge in [0.2, 0.25) is 0 Å². The maximum Gasteiger partial charge on any atom is -0.0446 e. The lowest BCUT2D eigenvalue weighted by molar-refractivity contribution is 0.509. The van der Waals surface area contributed by atoms with E-state index in [0.29, 0.717) is 0 Å². The molecule has 0 radical (unpaired) electrons. The van der Waals surface area contributed by atoms with Crippen LogP contribution in [0.15, 0.2) is 0 Å². The van der Waals surface area contributed by atoms with Crippen molar-refractivity contribution >= 4 is 0 Å². The lowest BCUT2D eigenvalue weighted by Crippen LogP contribution is -1.88. The molecule has 116 valence electrons. The van der Waals surface area contributed by atoms with E-state index in [0.717, 1.165) is 5.92 Å². The average molecular weight is 245 g/mol. The molecule has 16 heavy (non-hydrogen) atoms. The summed E-state index contributed by atoms with van der Waals surface area (Å²) in [5.74, 6) is 0.949. The molecule has 0 aliphatic carbocycles. The Kier molecular flexibility index (Phi) is 510. The summed E-state index contributed by atoms with van der Waals surface area (Å²) in [5, 5.41) is 0. The van der Waals surface area contributed by atoms with Gasteiger partial charge in [-0.2, -0.15) is 0 Å². The van der Waals surface area contributed by atoms with Gasteiger partial charge in [-0.15, -0.1) is 0 Å². The third-order valence-corrected chi connectivity index (χ3v) is 1.48. The second-order valence-electron chi connectivity index (χ2n) is 2.30. The van der Waals surface area contributed by atoms with Gasteiger partial charge in [-0.3, -0.25) is 0 Å². The molecule has 0 bridgehead atoms. The van der Waals surface area contributed by atoms with Crippen LogP contribution in [-0.4, -0.2) is 0 Å². The molecule has 0 aromatic heterocycles. The average Bonchev–Trinajstić information content (AvgIpc) is 1.68. The Morgan fingerprint density at radius 1 is 0.625 bits per heavy atom. The van der Waals surface area contributed by atoms with Crippen LogP contribution in [0.3, 0.4) is 0 Å². The topological polar surface area (TPSA) is 0 Å². The van der Waals surface area contributed by atoms with Gasteiger partial charge >= 0.3 is 0 Å². The van der Waals surface area contributed by atoms with E-state index in [1.807, 2.05) is 0 Å². The molecular formula is C16H52. The van der Waals surface area contributed by atoms with Crippen molar-refractivity contribution in [3.63, 3.8) is 0 Å². The van der Waals surface area contributed by atoms with Crippen LogP contribution in [0.4, 0.5) is 0 Å². The van der Waals surface area contributed by atoms with E-state index in [1.165, 1.54) is 19.3 Å². The molecule has 0 fully saturated rings. The molecule has 1 unspecified atom stereocenters. The first kappa shape index (κ1) is 100. The summed E-state index contributed by atoms with van der Waals surface area (Å²) >= 11 is 0. The Morgan fingerprint density at radius 2 is 0.875 bits per heavy atom. The van der Waals surface area contributed by atoms with E-state index in [4.69, 9.17) is 0 Å². The van der Waals surface area contributed by atoms with Gasteiger partial charge in [0.25, 0.3) is 0 Å². The summed E-state index contributed by atoms with van der Waals surface area (Å²) in [5.41, 5.74) is 0. The van der Waals surface area contributed by atoms with Crippen LogP contribution in [-0.2, 0) is 0 Å². The number of rotatable bonds is 3. The SMILES string of the molecule is C.C.C.C.C.C.C.C.C.CCCC(C)CC. The van der Waals surface area contributed by atoms with Crippen molar-refractivity contribution in [3.8, 4) is 0 Å². The van der Waals surface area contributed by atoms with Gasteiger partial charge in [0.05, 0.1) is 0 Å². The van der Waals surface area contributed by atoms with Crippen molar-refractivity contribution in [2.45, 2.75) is 107 Å². The van der Waals surface area contributed by atoms with Crippen LogP contribution in [0.5, 0.6) is 0 Å². The van der Waals surface area contributed by atoms with E-state index in [2.05, 4.69) is 20.8 Å². The smallest absolute Gasteiger partial charge is 0.0446 e. The zero-order valence-electron chi connectivity index (χ0n) is 5.70. The van der Waals surface area contributed by atoms with Crippen LogP contribution >= 0.6 is 0 Å². The second-order valence-corrected chi connectivity index (χ2v) is 2.30. The van der Waals surface area contributed by atoms with Crippen molar-refractivity contribution in [1.82, 2.24) is 0 Å². The standard InChI is InChI=1S/C7H16.9CH4/c1-4-6-7(3)5-2;;;;;;;;;/h7H,4-6H2,1-3H3;9*1H4. The molecule has 0 spiro atoms. The van der Waals surface area contributed by atoms with E-state index in [1.54, 1.807) is 0 Å². The zero-order valence-corrected chi connectivity index (χ0v) is 5.70. The molecule has 1 atom stereocenters. The molecular weight excluding hydrogens is 192 g/mol. The van der Waals surface area contributed by atoms with Gasteiger partial charge in [-0.05, 0) is 5.92 Å². The van der Waals surface area contributed by atoms with E-state index >= 15 is 0 Å². The molecule has 0 heteroatoms. The van der Waals surface area contributed by atoms with Crippen molar-refractivity contribution in [2.75, 3.05) is 0 Å². The monoisotopic (exact) mass is 244 g/mol. The maximum absolute atomic E-state index is 2.31. The third kappa shape index (κ3) is 94.6. The third-order valence-electron chi connectivity index (χ3n) is 1.48. The van der Waals surface area contributed by atoms with E-state index in [9.17, 15) is 0 Å². The van der Waals surface area contributed by atoms with Crippen LogP contribution in [0, 0.1) is 5.92 Å². The van der Waals surface area contributed by atoms with E-state index in [-0.39, 0.29) is 66.8 Å². The lowest BCUT2D eigenvalue weighted by atomic mass is 10.0. The maximum atomic E-state index is 2.31. The first-order valence-corrected chi connectivity index (χ1v) is 3.31. The van der Waals surface area contributed by atoms with Crippen LogP contribution in [0.25, 0.3) is 0 Å². The highest BCUT2D eigenvalue weighted by Crippen LogP contribution is 2.07. The minimum absolute atomic E-state index is 0. The summed E-state index contributed by atoms with van der Waals surface area (Å²) in [6.45, 7) is 6.80. The van der Waals surface area contributed by atoms with Crippen LogP contribution in [0.2, 0.25) is 0 Å². The predicted octanol–water partition coefficient (Wildman–Crippen LogP) is 8.56. The zero-order chi connectivity index (χ0) is 5.70. The highest BCUT2D eigenvalue weighted by atomic mass is 14.0. The summed E-state index contributed by atoms with van der Waals surface area (Å²) < 4.78 is 0. The van der Waals surface area contributed by atoms with Gasteiger partial charge in [-0.25, -0.2) is 0 Å². The largest absolute Gasteiger partial charge is 0.0776 e. The Balaban J connectivity index is -0.00000000500. The summed E-state index contributed by atoms with van der Waals surface area (Å²) in [7, 11) is 0. The van der Waals surface area contributed by atoms with Crippen LogP contribution in [0.1, 0.15) is 107 Å². The summed E-state index contributed by atoms with van der Waals surface area (Å²) in [6.07, 6.45) is 4.08. The minimum atomic E-state index is 0. The van der Waals surface area contributed by atoms with Crippen molar-refractivity contribution in [3.05, 3.63) is 0 Å². The van der Waals surface area contributed by atoms with Gasteiger partial charge in [0.15, 0.2) is 0 Å². The van der Waals surface area contributed by atoms with Gasteiger partial charge in [0.1, 0.15) is 0 Å². The number of hydrogen-bond donors (Lipinski definition) is 0. The molecule has 0 rings (SSSR count). The highest BCUT2D eigenvalue weighted by Gasteiger charge is 1.92. The first-order valence-electron chi connectivity index (χ1n) is 3.31. The molecule has 0 aromatic carbocycles. The molecule has 0 saturated carbocycles. The van der Waals surface area contributed by atoms with Gasteiger partial charge in [-0.1, -0.05) is 107 Å². The fraction of sp³-hybridized carbons (Fsp3) is 1.00. The second kappa shape index (κ2) is 81.7. The Labute approximate surface area is 113 Å².